The van der Waals surface area contributed by atoms with Crippen LogP contribution in [0.25, 0.3) is 0 Å². The highest BCUT2D eigenvalue weighted by molar-refractivity contribution is 5.69. The van der Waals surface area contributed by atoms with Crippen molar-refractivity contribution in [2.24, 2.45) is 5.92 Å². The van der Waals surface area contributed by atoms with Gasteiger partial charge in [0.05, 0.1) is 12.7 Å². The first-order valence-electron chi connectivity index (χ1n) is 13.4. The maximum Gasteiger partial charge on any atom is 0.416 e. The van der Waals surface area contributed by atoms with Gasteiger partial charge in [-0.25, -0.2) is 0 Å². The second kappa shape index (κ2) is 11.0. The first-order chi connectivity index (χ1) is 17.8. The van der Waals surface area contributed by atoms with E-state index in [1.807, 2.05) is 0 Å². The van der Waals surface area contributed by atoms with Crippen LogP contribution in [0.3, 0.4) is 0 Å². The van der Waals surface area contributed by atoms with Gasteiger partial charge in [0.1, 0.15) is 0 Å². The largest absolute Gasteiger partial charge is 0.469 e. The smallest absolute Gasteiger partial charge is 0.416 e. The Bertz CT molecular complexity index is 1060. The highest BCUT2D eigenvalue weighted by atomic mass is 19.4. The van der Waals surface area contributed by atoms with Gasteiger partial charge in [0.15, 0.2) is 0 Å². The minimum absolute atomic E-state index is 0.168. The van der Waals surface area contributed by atoms with Crippen molar-refractivity contribution in [3.63, 3.8) is 0 Å². The van der Waals surface area contributed by atoms with Crippen LogP contribution in [0.5, 0.6) is 0 Å². The van der Waals surface area contributed by atoms with E-state index in [1.165, 1.54) is 30.4 Å². The van der Waals surface area contributed by atoms with Crippen LogP contribution in [0.4, 0.5) is 18.9 Å². The number of rotatable bonds is 6. The van der Waals surface area contributed by atoms with E-state index in [-0.39, 0.29) is 5.97 Å². The second-order valence-corrected chi connectivity index (χ2v) is 10.6. The first kappa shape index (κ1) is 26.0. The number of hydrogen-bond donors (Lipinski definition) is 0. The lowest BCUT2D eigenvalue weighted by atomic mass is 9.85. The van der Waals surface area contributed by atoms with E-state index in [9.17, 15) is 18.0 Å². The molecule has 200 valence electrons. The van der Waals surface area contributed by atoms with Crippen LogP contribution < -0.4 is 4.90 Å². The maximum absolute atomic E-state index is 13.2. The number of hydrogen-bond acceptors (Lipinski definition) is 5. The van der Waals surface area contributed by atoms with Gasteiger partial charge in [-0.1, -0.05) is 30.3 Å². The van der Waals surface area contributed by atoms with Crippen LogP contribution in [0.2, 0.25) is 0 Å². The summed E-state index contributed by atoms with van der Waals surface area (Å²) in [6.45, 7) is 5.02. The van der Waals surface area contributed by atoms with Gasteiger partial charge >= 0.3 is 12.1 Å². The lowest BCUT2D eigenvalue weighted by Gasteiger charge is -2.48. The number of benzene rings is 2. The summed E-state index contributed by atoms with van der Waals surface area (Å²) in [5, 5.41) is 0. The minimum Gasteiger partial charge on any atom is -0.469 e. The number of piperidine rings is 1. The summed E-state index contributed by atoms with van der Waals surface area (Å²) in [4.78, 5) is 19.2. The minimum atomic E-state index is -4.33. The number of halogens is 3. The summed E-state index contributed by atoms with van der Waals surface area (Å²) in [6, 6.07) is 15.2. The molecule has 0 N–H and O–H groups in total. The zero-order chi connectivity index (χ0) is 26.0. The Hall–Kier alpha value is -2.58. The molecule has 37 heavy (non-hydrogen) atoms. The molecule has 0 amide bonds. The topological polar surface area (TPSA) is 36.0 Å². The quantitative estimate of drug-likeness (QED) is 0.524. The summed E-state index contributed by atoms with van der Waals surface area (Å²) in [5.74, 6) is 0.190. The monoisotopic (exact) mass is 515 g/mol. The number of fused-ring (bicyclic) bond motifs is 1. The van der Waals surface area contributed by atoms with E-state index in [2.05, 4.69) is 39.0 Å². The van der Waals surface area contributed by atoms with Crippen LogP contribution in [0.15, 0.2) is 48.5 Å². The van der Waals surface area contributed by atoms with Crippen molar-refractivity contribution in [2.75, 3.05) is 51.3 Å². The highest BCUT2D eigenvalue weighted by Gasteiger charge is 2.38. The molecule has 2 heterocycles. The normalized spacial score (nSPS) is 23.7. The number of carbonyl (C=O) groups excluding carboxylic acids is 1. The van der Waals surface area contributed by atoms with Crippen molar-refractivity contribution in [1.82, 2.24) is 9.80 Å². The number of anilines is 1. The predicted molar refractivity (Wildman–Crippen MR) is 138 cm³/mol. The number of likely N-dealkylation sites (tertiary alicyclic amines) is 1. The molecule has 2 fully saturated rings. The maximum atomic E-state index is 13.2. The van der Waals surface area contributed by atoms with Crippen LogP contribution >= 0.6 is 0 Å². The molecule has 5 nitrogen and oxygen atoms in total. The van der Waals surface area contributed by atoms with E-state index in [4.69, 9.17) is 4.74 Å². The van der Waals surface area contributed by atoms with Gasteiger partial charge in [0.2, 0.25) is 0 Å². The van der Waals surface area contributed by atoms with Gasteiger partial charge in [0.25, 0.3) is 0 Å². The molecule has 0 radical (unpaired) electrons. The highest BCUT2D eigenvalue weighted by Crippen LogP contribution is 2.34. The lowest BCUT2D eigenvalue weighted by Crippen LogP contribution is -2.58. The Balaban J connectivity index is 1.23. The van der Waals surface area contributed by atoms with Crippen LogP contribution in [0, 0.1) is 5.92 Å². The molecule has 0 unspecified atom stereocenters. The number of methoxy groups -OCH3 is 1. The molecule has 0 spiro atoms. The van der Waals surface area contributed by atoms with E-state index >= 15 is 0 Å². The van der Waals surface area contributed by atoms with Gasteiger partial charge in [-0.05, 0) is 67.5 Å². The van der Waals surface area contributed by atoms with E-state index in [0.29, 0.717) is 43.2 Å². The van der Waals surface area contributed by atoms with Crippen LogP contribution in [-0.2, 0) is 28.5 Å². The van der Waals surface area contributed by atoms with Crippen molar-refractivity contribution in [3.8, 4) is 0 Å². The van der Waals surface area contributed by atoms with E-state index in [1.54, 1.807) is 6.07 Å². The molecule has 5 rings (SSSR count). The molecule has 1 aliphatic carbocycles. The Kier molecular flexibility index (Phi) is 7.77. The molecule has 0 saturated carbocycles. The summed E-state index contributed by atoms with van der Waals surface area (Å²) >= 11 is 0. The molecule has 3 aliphatic rings. The van der Waals surface area contributed by atoms with Gasteiger partial charge in [-0.3, -0.25) is 14.6 Å². The summed E-state index contributed by atoms with van der Waals surface area (Å²) in [5.41, 5.74) is 2.93. The zero-order valence-electron chi connectivity index (χ0n) is 21.4. The number of piperazine rings is 1. The second-order valence-electron chi connectivity index (χ2n) is 10.6. The molecule has 2 saturated heterocycles. The fraction of sp³-hybridized carbons (Fsp3) is 0.552. The Morgan fingerprint density at radius 3 is 2.30 bits per heavy atom. The SMILES string of the molecule is COC(=O)CC[C@H]1CN(C2Cc3ccccc3C2)CC[C@H]1N1CCN(c2cccc(C(F)(F)F)c2)CC1. The molecular weight excluding hydrogens is 479 g/mol. The average molecular weight is 516 g/mol. The van der Waals surface area contributed by atoms with E-state index in [0.717, 1.165) is 57.9 Å². The van der Waals surface area contributed by atoms with Gasteiger partial charge in [-0.2, -0.15) is 13.2 Å². The third-order valence-electron chi connectivity index (χ3n) is 8.54. The molecule has 2 aromatic carbocycles. The molecule has 2 aromatic rings. The zero-order valence-corrected chi connectivity index (χ0v) is 21.4. The third kappa shape index (κ3) is 5.96. The first-order valence-corrected chi connectivity index (χ1v) is 13.4. The molecule has 2 aliphatic heterocycles. The van der Waals surface area contributed by atoms with Crippen molar-refractivity contribution in [1.29, 1.82) is 0 Å². The molecule has 0 bridgehead atoms. The van der Waals surface area contributed by atoms with Crippen molar-refractivity contribution < 1.29 is 22.7 Å². The Labute approximate surface area is 217 Å². The fourth-order valence-corrected chi connectivity index (χ4v) is 6.53. The Morgan fingerprint density at radius 1 is 0.946 bits per heavy atom. The molecule has 8 heteroatoms. The summed E-state index contributed by atoms with van der Waals surface area (Å²) < 4.78 is 44.5. The van der Waals surface area contributed by atoms with Gasteiger partial charge < -0.3 is 9.64 Å². The number of carbonyl (C=O) groups is 1. The van der Waals surface area contributed by atoms with Crippen molar-refractivity contribution in [3.05, 3.63) is 65.2 Å². The molecule has 0 aromatic heterocycles. The van der Waals surface area contributed by atoms with Crippen molar-refractivity contribution in [2.45, 2.75) is 50.4 Å². The summed E-state index contributed by atoms with van der Waals surface area (Å²) in [6.07, 6.45) is 0.0873. The number of ether oxygens (including phenoxy) is 1. The van der Waals surface area contributed by atoms with Crippen LogP contribution in [0.1, 0.15) is 36.0 Å². The van der Waals surface area contributed by atoms with E-state index < -0.39 is 11.7 Å². The third-order valence-corrected chi connectivity index (χ3v) is 8.54. The number of esters is 1. The van der Waals surface area contributed by atoms with Crippen molar-refractivity contribution >= 4 is 11.7 Å². The Morgan fingerprint density at radius 2 is 1.65 bits per heavy atom. The standard InChI is InChI=1S/C29H36F3N3O2/c1-37-28(36)10-9-23-20-35(26-17-21-5-2-3-6-22(21)18-26)12-11-27(23)34-15-13-33(14-16-34)25-8-4-7-24(19-25)29(30,31)32/h2-8,19,23,26-27H,9-18,20H2,1H3/t23-,27+/m0/s1. The molecular formula is C29H36F3N3O2. The molecule has 2 atom stereocenters. The lowest BCUT2D eigenvalue weighted by molar-refractivity contribution is -0.141. The predicted octanol–water partition coefficient (Wildman–Crippen LogP) is 4.64. The fourth-order valence-electron chi connectivity index (χ4n) is 6.53. The number of nitrogens with zero attached hydrogens (tertiary/aromatic N) is 3. The average Bonchev–Trinajstić information content (AvgIpc) is 3.36. The van der Waals surface area contributed by atoms with Gasteiger partial charge in [0, 0.05) is 56.9 Å². The van der Waals surface area contributed by atoms with Gasteiger partial charge in [-0.15, -0.1) is 0 Å². The summed E-state index contributed by atoms with van der Waals surface area (Å²) in [7, 11) is 1.44. The van der Waals surface area contributed by atoms with Crippen LogP contribution in [-0.4, -0.2) is 74.2 Å². The number of alkyl halides is 3.